The highest BCUT2D eigenvalue weighted by molar-refractivity contribution is 5.40. The lowest BCUT2D eigenvalue weighted by atomic mass is 9.84. The van der Waals surface area contributed by atoms with Crippen LogP contribution in [0.4, 0.5) is 0 Å². The van der Waals surface area contributed by atoms with Gasteiger partial charge in [-0.15, -0.1) is 0 Å². The maximum absolute atomic E-state index is 4.48. The lowest BCUT2D eigenvalue weighted by Crippen LogP contribution is -2.23. The smallest absolute Gasteiger partial charge is 0.134 e. The lowest BCUT2D eigenvalue weighted by molar-refractivity contribution is 0.411. The maximum atomic E-state index is 4.48. The van der Waals surface area contributed by atoms with Crippen molar-refractivity contribution in [2.45, 2.75) is 39.0 Å². The van der Waals surface area contributed by atoms with Crippen molar-refractivity contribution in [1.29, 1.82) is 0 Å². The summed E-state index contributed by atoms with van der Waals surface area (Å²) < 4.78 is 0. The Kier molecular flexibility index (Phi) is 3.39. The highest BCUT2D eigenvalue weighted by atomic mass is 14.9. The molecular weight excluding hydrogens is 172 g/mol. The number of nitrogens with zero attached hydrogens (tertiary/aromatic N) is 2. The van der Waals surface area contributed by atoms with E-state index in [4.69, 9.17) is 0 Å². The molecule has 0 aromatic carbocycles. The van der Waals surface area contributed by atoms with E-state index in [0.717, 1.165) is 24.4 Å². The van der Waals surface area contributed by atoms with Gasteiger partial charge in [-0.25, -0.2) is 9.97 Å². The van der Waals surface area contributed by atoms with Crippen molar-refractivity contribution in [3.05, 3.63) is 30.4 Å². The summed E-state index contributed by atoms with van der Waals surface area (Å²) in [7, 11) is 0. The van der Waals surface area contributed by atoms with Crippen molar-refractivity contribution in [2.24, 2.45) is 0 Å². The van der Waals surface area contributed by atoms with Crippen LogP contribution in [0.15, 0.2) is 18.8 Å². The van der Waals surface area contributed by atoms with Gasteiger partial charge in [0.2, 0.25) is 0 Å². The summed E-state index contributed by atoms with van der Waals surface area (Å²) in [6.07, 6.45) is 5.69. The minimum Gasteiger partial charge on any atom is -0.241 e. The Hall–Kier alpha value is -1.18. The van der Waals surface area contributed by atoms with Crippen molar-refractivity contribution >= 4 is 6.08 Å². The first-order valence-electron chi connectivity index (χ1n) is 5.12. The Morgan fingerprint density at radius 1 is 1.43 bits per heavy atom. The van der Waals surface area contributed by atoms with E-state index in [2.05, 4.69) is 37.3 Å². The molecule has 0 radical (unpaired) electrons. The summed E-state index contributed by atoms with van der Waals surface area (Å²) in [5, 5.41) is 0. The molecule has 0 amide bonds. The first kappa shape index (κ1) is 10.9. The van der Waals surface area contributed by atoms with Gasteiger partial charge in [-0.05, 0) is 25.0 Å². The normalized spacial score (nSPS) is 11.4. The zero-order chi connectivity index (χ0) is 10.6. The molecule has 0 N–H and O–H groups in total. The molecule has 0 bridgehead atoms. The largest absolute Gasteiger partial charge is 0.241 e. The molecule has 0 saturated heterocycles. The highest BCUT2D eigenvalue weighted by Crippen LogP contribution is 2.27. The fourth-order valence-corrected chi connectivity index (χ4v) is 1.34. The van der Waals surface area contributed by atoms with Gasteiger partial charge in [0.1, 0.15) is 5.82 Å². The van der Waals surface area contributed by atoms with E-state index in [9.17, 15) is 0 Å². The molecule has 2 nitrogen and oxygen atoms in total. The summed E-state index contributed by atoms with van der Waals surface area (Å²) in [5.41, 5.74) is 1.00. The second kappa shape index (κ2) is 4.36. The molecule has 14 heavy (non-hydrogen) atoms. The zero-order valence-electron chi connectivity index (χ0n) is 9.25. The van der Waals surface area contributed by atoms with Crippen molar-refractivity contribution in [3.8, 4) is 0 Å². The van der Waals surface area contributed by atoms with E-state index in [1.165, 1.54) is 0 Å². The molecule has 76 valence electrons. The van der Waals surface area contributed by atoms with Crippen LogP contribution in [-0.2, 0) is 5.41 Å². The standard InChI is InChI=1S/C12H18N2/c1-5-10-8-9-13-11(14-10)12(4,6-2)7-3/h5,8-9H,1,6-7H2,2-4H3. The SMILES string of the molecule is C=Cc1ccnc(C(C)(CC)CC)n1. The summed E-state index contributed by atoms with van der Waals surface area (Å²) in [6, 6.07) is 1.88. The van der Waals surface area contributed by atoms with Crippen molar-refractivity contribution in [3.63, 3.8) is 0 Å². The maximum Gasteiger partial charge on any atom is 0.134 e. The third kappa shape index (κ3) is 2.00. The number of aromatic nitrogens is 2. The van der Waals surface area contributed by atoms with E-state index >= 15 is 0 Å². The first-order chi connectivity index (χ1) is 6.66. The Balaban J connectivity index is 3.10. The van der Waals surface area contributed by atoms with Crippen molar-refractivity contribution in [1.82, 2.24) is 9.97 Å². The van der Waals surface area contributed by atoms with Crippen LogP contribution in [0.1, 0.15) is 45.1 Å². The highest BCUT2D eigenvalue weighted by Gasteiger charge is 2.25. The van der Waals surface area contributed by atoms with Gasteiger partial charge in [-0.2, -0.15) is 0 Å². The summed E-state index contributed by atoms with van der Waals surface area (Å²) >= 11 is 0. The van der Waals surface area contributed by atoms with E-state index in [-0.39, 0.29) is 5.41 Å². The second-order valence-corrected chi connectivity index (χ2v) is 3.78. The van der Waals surface area contributed by atoms with Crippen molar-refractivity contribution in [2.75, 3.05) is 0 Å². The molecular formula is C12H18N2. The average molecular weight is 190 g/mol. The molecule has 0 unspecified atom stereocenters. The Morgan fingerprint density at radius 3 is 2.57 bits per heavy atom. The second-order valence-electron chi connectivity index (χ2n) is 3.78. The number of hydrogen-bond donors (Lipinski definition) is 0. The van der Waals surface area contributed by atoms with Gasteiger partial charge < -0.3 is 0 Å². The molecule has 0 saturated carbocycles. The van der Waals surface area contributed by atoms with E-state index in [0.29, 0.717) is 0 Å². The van der Waals surface area contributed by atoms with Gasteiger partial charge in [0, 0.05) is 11.6 Å². The Labute approximate surface area is 86.1 Å². The van der Waals surface area contributed by atoms with Gasteiger partial charge in [-0.1, -0.05) is 27.4 Å². The third-order valence-corrected chi connectivity index (χ3v) is 2.99. The molecule has 0 spiro atoms. The van der Waals surface area contributed by atoms with E-state index in [1.54, 1.807) is 6.08 Å². The summed E-state index contributed by atoms with van der Waals surface area (Å²) in [5.74, 6) is 0.930. The minimum absolute atomic E-state index is 0.0962. The fraction of sp³-hybridized carbons (Fsp3) is 0.500. The molecule has 0 aliphatic heterocycles. The van der Waals surface area contributed by atoms with E-state index in [1.807, 2.05) is 12.3 Å². The first-order valence-corrected chi connectivity index (χ1v) is 5.12. The van der Waals surface area contributed by atoms with Gasteiger partial charge in [-0.3, -0.25) is 0 Å². The quantitative estimate of drug-likeness (QED) is 0.728. The van der Waals surface area contributed by atoms with Crippen LogP contribution in [0.5, 0.6) is 0 Å². The lowest BCUT2D eigenvalue weighted by Gasteiger charge is -2.24. The molecule has 0 fully saturated rings. The molecule has 2 heteroatoms. The molecule has 1 heterocycles. The average Bonchev–Trinajstić information content (AvgIpc) is 2.28. The predicted molar refractivity (Wildman–Crippen MR) is 60.1 cm³/mol. The number of hydrogen-bond acceptors (Lipinski definition) is 2. The molecule has 0 aliphatic carbocycles. The third-order valence-electron chi connectivity index (χ3n) is 2.99. The molecule has 0 atom stereocenters. The molecule has 1 aromatic rings. The Bertz CT molecular complexity index is 314. The van der Waals surface area contributed by atoms with Crippen LogP contribution in [0.25, 0.3) is 6.08 Å². The minimum atomic E-state index is 0.0962. The van der Waals surface area contributed by atoms with Crippen LogP contribution >= 0.6 is 0 Å². The van der Waals surface area contributed by atoms with Crippen LogP contribution in [0.2, 0.25) is 0 Å². The van der Waals surface area contributed by atoms with Crippen LogP contribution in [0, 0.1) is 0 Å². The van der Waals surface area contributed by atoms with Crippen molar-refractivity contribution < 1.29 is 0 Å². The molecule has 1 rings (SSSR count). The van der Waals surface area contributed by atoms with Gasteiger partial charge in [0.25, 0.3) is 0 Å². The number of rotatable bonds is 4. The fourth-order valence-electron chi connectivity index (χ4n) is 1.34. The summed E-state index contributed by atoms with van der Waals surface area (Å²) in [6.45, 7) is 10.3. The van der Waals surface area contributed by atoms with Crippen LogP contribution < -0.4 is 0 Å². The molecule has 0 aliphatic rings. The Morgan fingerprint density at radius 2 is 2.07 bits per heavy atom. The zero-order valence-corrected chi connectivity index (χ0v) is 9.25. The summed E-state index contributed by atoms with van der Waals surface area (Å²) in [4.78, 5) is 8.82. The monoisotopic (exact) mass is 190 g/mol. The van der Waals surface area contributed by atoms with Gasteiger partial charge in [0.05, 0.1) is 5.69 Å². The molecule has 1 aromatic heterocycles. The van der Waals surface area contributed by atoms with Crippen LogP contribution in [0.3, 0.4) is 0 Å². The van der Waals surface area contributed by atoms with E-state index < -0.39 is 0 Å². The topological polar surface area (TPSA) is 25.8 Å². The van der Waals surface area contributed by atoms with Gasteiger partial charge >= 0.3 is 0 Å². The van der Waals surface area contributed by atoms with Gasteiger partial charge in [0.15, 0.2) is 0 Å². The predicted octanol–water partition coefficient (Wildman–Crippen LogP) is 3.20. The van der Waals surface area contributed by atoms with Crippen LogP contribution in [-0.4, -0.2) is 9.97 Å².